The molecule has 0 bridgehead atoms. The highest BCUT2D eigenvalue weighted by molar-refractivity contribution is 5.66. The Kier molecular flexibility index (Phi) is 2.24. The Balaban J connectivity index is 2.24. The molecule has 58 valence electrons. The van der Waals surface area contributed by atoms with Crippen LogP contribution in [-0.4, -0.2) is 25.2 Å². The molecule has 0 aromatic rings. The van der Waals surface area contributed by atoms with Crippen molar-refractivity contribution in [1.82, 2.24) is 0 Å². The summed E-state index contributed by atoms with van der Waals surface area (Å²) in [4.78, 5) is 10.3. The Morgan fingerprint density at radius 1 is 1.70 bits per heavy atom. The molecule has 0 amide bonds. The highest BCUT2D eigenvalue weighted by atomic mass is 16.8. The van der Waals surface area contributed by atoms with Crippen molar-refractivity contribution >= 4 is 5.97 Å². The Morgan fingerprint density at radius 2 is 2.40 bits per heavy atom. The molecule has 0 aliphatic carbocycles. The first kappa shape index (κ1) is 7.50. The molecular formula is C6H10O4. The van der Waals surface area contributed by atoms with Gasteiger partial charge in [0.15, 0.2) is 6.29 Å². The van der Waals surface area contributed by atoms with Crippen LogP contribution in [0, 0.1) is 0 Å². The lowest BCUT2D eigenvalue weighted by atomic mass is 10.7. The van der Waals surface area contributed by atoms with E-state index in [4.69, 9.17) is 14.2 Å². The van der Waals surface area contributed by atoms with Crippen molar-refractivity contribution in [1.29, 1.82) is 0 Å². The Bertz CT molecular complexity index is 134. The largest absolute Gasteiger partial charge is 0.433 e. The van der Waals surface area contributed by atoms with Crippen LogP contribution in [0.25, 0.3) is 0 Å². The smallest absolute Gasteiger partial charge is 0.305 e. The number of hydrogen-bond acceptors (Lipinski definition) is 4. The first-order valence-electron chi connectivity index (χ1n) is 3.13. The predicted octanol–water partition coefficient (Wildman–Crippen LogP) is 0.268. The fourth-order valence-electron chi connectivity index (χ4n) is 0.753. The Hall–Kier alpha value is -0.610. The number of hydrogen-bond donors (Lipinski definition) is 0. The third kappa shape index (κ3) is 1.97. The molecule has 2 atom stereocenters. The molecule has 0 saturated carbocycles. The van der Waals surface area contributed by atoms with Gasteiger partial charge in [-0.3, -0.25) is 4.79 Å². The average Bonchev–Trinajstić information content (AvgIpc) is 2.13. The first-order valence-corrected chi connectivity index (χ1v) is 3.13. The molecule has 2 unspecified atom stereocenters. The zero-order chi connectivity index (χ0) is 7.56. The van der Waals surface area contributed by atoms with Crippen LogP contribution in [0.2, 0.25) is 0 Å². The molecule has 1 heterocycles. The monoisotopic (exact) mass is 146 g/mol. The molecular weight excluding hydrogens is 136 g/mol. The third-order valence-corrected chi connectivity index (χ3v) is 1.11. The van der Waals surface area contributed by atoms with Gasteiger partial charge in [0.1, 0.15) is 6.61 Å². The van der Waals surface area contributed by atoms with Crippen LogP contribution in [0.4, 0.5) is 0 Å². The van der Waals surface area contributed by atoms with Crippen molar-refractivity contribution in [2.75, 3.05) is 6.61 Å². The molecule has 4 nitrogen and oxygen atoms in total. The lowest BCUT2D eigenvalue weighted by Gasteiger charge is -2.06. The van der Waals surface area contributed by atoms with Gasteiger partial charge in [0.05, 0.1) is 0 Å². The van der Waals surface area contributed by atoms with Crippen LogP contribution < -0.4 is 0 Å². The molecule has 4 heteroatoms. The summed E-state index contributed by atoms with van der Waals surface area (Å²) in [7, 11) is 0. The van der Waals surface area contributed by atoms with Gasteiger partial charge in [-0.1, -0.05) is 0 Å². The second kappa shape index (κ2) is 2.98. The minimum atomic E-state index is -0.507. The predicted molar refractivity (Wildman–Crippen MR) is 32.1 cm³/mol. The van der Waals surface area contributed by atoms with Gasteiger partial charge in [-0.05, 0) is 6.92 Å². The van der Waals surface area contributed by atoms with Crippen LogP contribution >= 0.6 is 0 Å². The topological polar surface area (TPSA) is 44.8 Å². The molecule has 1 aliphatic rings. The third-order valence-electron chi connectivity index (χ3n) is 1.11. The Morgan fingerprint density at radius 3 is 2.80 bits per heavy atom. The molecule has 10 heavy (non-hydrogen) atoms. The molecule has 0 spiro atoms. The number of esters is 1. The summed E-state index contributed by atoms with van der Waals surface area (Å²) in [5.74, 6) is -0.345. The van der Waals surface area contributed by atoms with Crippen molar-refractivity contribution < 1.29 is 19.0 Å². The summed E-state index contributed by atoms with van der Waals surface area (Å²) < 4.78 is 14.7. The quantitative estimate of drug-likeness (QED) is 0.498. The minimum absolute atomic E-state index is 0.260. The normalized spacial score (nSPS) is 32.2. The van der Waals surface area contributed by atoms with Gasteiger partial charge >= 0.3 is 5.97 Å². The molecule has 1 saturated heterocycles. The first-order chi connectivity index (χ1) is 4.68. The molecule has 0 aromatic heterocycles. The van der Waals surface area contributed by atoms with Crippen LogP contribution in [0.3, 0.4) is 0 Å². The molecule has 1 fully saturated rings. The van der Waals surface area contributed by atoms with E-state index in [1.807, 2.05) is 0 Å². The SMILES string of the molecule is CC(=O)OC1COC(C)O1. The second-order valence-electron chi connectivity index (χ2n) is 2.08. The van der Waals surface area contributed by atoms with E-state index in [2.05, 4.69) is 0 Å². The van der Waals surface area contributed by atoms with Gasteiger partial charge in [0.2, 0.25) is 6.29 Å². The van der Waals surface area contributed by atoms with E-state index in [1.54, 1.807) is 6.92 Å². The van der Waals surface area contributed by atoms with Gasteiger partial charge in [-0.25, -0.2) is 0 Å². The molecule has 1 rings (SSSR count). The number of carbonyl (C=O) groups is 1. The van der Waals surface area contributed by atoms with Crippen molar-refractivity contribution in [2.45, 2.75) is 26.4 Å². The maximum atomic E-state index is 10.3. The zero-order valence-corrected chi connectivity index (χ0v) is 5.99. The average molecular weight is 146 g/mol. The zero-order valence-electron chi connectivity index (χ0n) is 5.99. The molecule has 1 aliphatic heterocycles. The van der Waals surface area contributed by atoms with E-state index in [0.29, 0.717) is 6.61 Å². The van der Waals surface area contributed by atoms with Gasteiger partial charge in [-0.15, -0.1) is 0 Å². The van der Waals surface area contributed by atoms with Crippen LogP contribution in [0.1, 0.15) is 13.8 Å². The van der Waals surface area contributed by atoms with E-state index < -0.39 is 6.29 Å². The minimum Gasteiger partial charge on any atom is -0.433 e. The fraction of sp³-hybridized carbons (Fsp3) is 0.833. The van der Waals surface area contributed by atoms with Crippen LogP contribution in [-0.2, 0) is 19.0 Å². The standard InChI is InChI=1S/C6H10O4/c1-4(7)9-6-3-8-5(2)10-6/h5-6H,3H2,1-2H3. The summed E-state index contributed by atoms with van der Waals surface area (Å²) in [5.41, 5.74) is 0. The summed E-state index contributed by atoms with van der Waals surface area (Å²) in [5, 5.41) is 0. The van der Waals surface area contributed by atoms with Crippen molar-refractivity contribution in [3.63, 3.8) is 0 Å². The molecule has 0 radical (unpaired) electrons. The summed E-state index contributed by atoms with van der Waals surface area (Å²) >= 11 is 0. The molecule has 0 aromatic carbocycles. The van der Waals surface area contributed by atoms with Crippen LogP contribution in [0.5, 0.6) is 0 Å². The fourth-order valence-corrected chi connectivity index (χ4v) is 0.753. The highest BCUT2D eigenvalue weighted by Gasteiger charge is 2.24. The van der Waals surface area contributed by atoms with Crippen molar-refractivity contribution in [3.8, 4) is 0 Å². The van der Waals surface area contributed by atoms with E-state index in [1.165, 1.54) is 6.92 Å². The second-order valence-corrected chi connectivity index (χ2v) is 2.08. The maximum Gasteiger partial charge on any atom is 0.305 e. The van der Waals surface area contributed by atoms with Gasteiger partial charge in [0.25, 0.3) is 0 Å². The van der Waals surface area contributed by atoms with Gasteiger partial charge in [0, 0.05) is 6.92 Å². The summed E-state index contributed by atoms with van der Waals surface area (Å²) in [6.45, 7) is 3.43. The lowest BCUT2D eigenvalue weighted by Crippen LogP contribution is -2.18. The van der Waals surface area contributed by atoms with E-state index >= 15 is 0 Å². The highest BCUT2D eigenvalue weighted by Crippen LogP contribution is 2.11. The molecule has 0 N–H and O–H groups in total. The summed E-state index contributed by atoms with van der Waals surface area (Å²) in [6, 6.07) is 0. The maximum absolute atomic E-state index is 10.3. The lowest BCUT2D eigenvalue weighted by molar-refractivity contribution is -0.171. The number of rotatable bonds is 1. The van der Waals surface area contributed by atoms with Crippen molar-refractivity contribution in [2.24, 2.45) is 0 Å². The number of ether oxygens (including phenoxy) is 3. The van der Waals surface area contributed by atoms with Gasteiger partial charge < -0.3 is 14.2 Å². The van der Waals surface area contributed by atoms with E-state index in [9.17, 15) is 4.79 Å². The summed E-state index contributed by atoms with van der Waals surface area (Å²) in [6.07, 6.45) is -0.767. The van der Waals surface area contributed by atoms with Gasteiger partial charge in [-0.2, -0.15) is 0 Å². The van der Waals surface area contributed by atoms with Crippen LogP contribution in [0.15, 0.2) is 0 Å². The van der Waals surface area contributed by atoms with Crippen molar-refractivity contribution in [3.05, 3.63) is 0 Å². The van der Waals surface area contributed by atoms with E-state index in [-0.39, 0.29) is 12.3 Å². The Labute approximate surface area is 59.1 Å². The van der Waals surface area contributed by atoms with E-state index in [0.717, 1.165) is 0 Å². The number of carbonyl (C=O) groups excluding carboxylic acids is 1.